The van der Waals surface area contributed by atoms with Gasteiger partial charge in [0.1, 0.15) is 5.82 Å². The molecule has 7 heteroatoms. The molecule has 0 bridgehead atoms. The molecule has 3 aromatic carbocycles. The van der Waals surface area contributed by atoms with E-state index in [1.54, 1.807) is 18.2 Å². The summed E-state index contributed by atoms with van der Waals surface area (Å²) in [6.07, 6.45) is 1.86. The van der Waals surface area contributed by atoms with E-state index in [1.807, 2.05) is 55.5 Å². The lowest BCUT2D eigenvalue weighted by Crippen LogP contribution is -2.28. The van der Waals surface area contributed by atoms with Gasteiger partial charge in [0.2, 0.25) is 0 Å². The normalized spacial score (nSPS) is 15.2. The second kappa shape index (κ2) is 8.78. The van der Waals surface area contributed by atoms with Crippen molar-refractivity contribution < 1.29 is 9.18 Å². The molecule has 0 saturated carbocycles. The molecule has 0 aliphatic carbocycles. The van der Waals surface area contributed by atoms with E-state index >= 15 is 0 Å². The van der Waals surface area contributed by atoms with Gasteiger partial charge in [-0.05, 0) is 42.8 Å². The van der Waals surface area contributed by atoms with Crippen molar-refractivity contribution >= 4 is 68.5 Å². The summed E-state index contributed by atoms with van der Waals surface area (Å²) in [4.78, 5) is 14.9. The van der Waals surface area contributed by atoms with E-state index in [9.17, 15) is 9.18 Å². The molecule has 0 N–H and O–H groups in total. The van der Waals surface area contributed by atoms with Crippen molar-refractivity contribution in [1.29, 1.82) is 0 Å². The molecular formula is C26H18ClFN2OS2. The van der Waals surface area contributed by atoms with Crippen LogP contribution in [0.3, 0.4) is 0 Å². The molecule has 0 atom stereocenters. The topological polar surface area (TPSA) is 25.2 Å². The van der Waals surface area contributed by atoms with E-state index in [2.05, 4.69) is 10.6 Å². The lowest BCUT2D eigenvalue weighted by atomic mass is 10.1. The highest BCUT2D eigenvalue weighted by Crippen LogP contribution is 2.39. The maximum atomic E-state index is 14.4. The summed E-state index contributed by atoms with van der Waals surface area (Å²) in [5.41, 5.74) is 4.17. The molecule has 4 aromatic rings. The number of aromatic nitrogens is 1. The molecule has 1 fully saturated rings. The fraction of sp³-hybridized carbons (Fsp3) is 0.0769. The highest BCUT2D eigenvalue weighted by molar-refractivity contribution is 8.27. The Morgan fingerprint density at radius 1 is 1.03 bits per heavy atom. The third kappa shape index (κ3) is 3.88. The lowest BCUT2D eigenvalue weighted by Gasteiger charge is -2.14. The van der Waals surface area contributed by atoms with Crippen LogP contribution < -0.4 is 4.90 Å². The molecule has 2 heterocycles. The van der Waals surface area contributed by atoms with Crippen LogP contribution in [-0.4, -0.2) is 14.8 Å². The van der Waals surface area contributed by atoms with E-state index in [1.165, 1.54) is 22.7 Å². The number of nitrogens with zero attached hydrogens (tertiary/aromatic N) is 2. The Kier molecular flexibility index (Phi) is 5.83. The zero-order valence-corrected chi connectivity index (χ0v) is 20.0. The molecule has 33 heavy (non-hydrogen) atoms. The summed E-state index contributed by atoms with van der Waals surface area (Å²) >= 11 is 13.0. The number of thiocarbonyl (C=S) groups is 1. The van der Waals surface area contributed by atoms with Crippen molar-refractivity contribution in [2.45, 2.75) is 13.5 Å². The SMILES string of the molecule is Cc1c(/C=C2/SC(=S)N(c3ccccc3F)C2=O)c2ccccc2n1Cc1ccccc1Cl. The third-order valence-electron chi connectivity index (χ3n) is 5.73. The Balaban J connectivity index is 1.59. The molecule has 1 saturated heterocycles. The second-order valence-electron chi connectivity index (χ2n) is 7.66. The minimum Gasteiger partial charge on any atom is -0.340 e. The van der Waals surface area contributed by atoms with Crippen LogP contribution in [0.15, 0.2) is 77.7 Å². The van der Waals surface area contributed by atoms with Crippen molar-refractivity contribution in [1.82, 2.24) is 4.57 Å². The maximum absolute atomic E-state index is 14.4. The third-order valence-corrected chi connectivity index (χ3v) is 7.40. The number of hydrogen-bond donors (Lipinski definition) is 0. The number of anilines is 1. The number of fused-ring (bicyclic) bond motifs is 1. The zero-order chi connectivity index (χ0) is 23.1. The molecule has 0 unspecified atom stereocenters. The Morgan fingerprint density at radius 3 is 2.52 bits per heavy atom. The standard InChI is InChI=1S/C26H18ClFN2OS2/c1-16-19(14-24-25(31)30(26(32)33-24)23-13-7-5-11-21(23)28)18-9-3-6-12-22(18)29(16)15-17-8-2-4-10-20(17)27/h2-14H,15H2,1H3/b24-14+. The van der Waals surface area contributed by atoms with E-state index in [0.717, 1.165) is 27.7 Å². The number of halogens is 2. The second-order valence-corrected chi connectivity index (χ2v) is 9.75. The van der Waals surface area contributed by atoms with E-state index in [-0.39, 0.29) is 11.6 Å². The van der Waals surface area contributed by atoms with Crippen LogP contribution in [0.2, 0.25) is 5.02 Å². The molecule has 0 radical (unpaired) electrons. The van der Waals surface area contributed by atoms with Crippen molar-refractivity contribution in [3.05, 3.63) is 105 Å². The predicted octanol–water partition coefficient (Wildman–Crippen LogP) is 7.20. The fourth-order valence-corrected chi connectivity index (χ4v) is 5.54. The van der Waals surface area contributed by atoms with Crippen LogP contribution in [0, 0.1) is 12.7 Å². The molecule has 1 aliphatic rings. The number of para-hydroxylation sites is 2. The number of thioether (sulfide) groups is 1. The van der Waals surface area contributed by atoms with Gasteiger partial charge in [0.15, 0.2) is 4.32 Å². The zero-order valence-electron chi connectivity index (χ0n) is 17.6. The number of rotatable bonds is 4. The Labute approximate surface area is 205 Å². The van der Waals surface area contributed by atoms with Gasteiger partial charge in [-0.1, -0.05) is 84.1 Å². The van der Waals surface area contributed by atoms with E-state index < -0.39 is 5.82 Å². The molecule has 0 spiro atoms. The lowest BCUT2D eigenvalue weighted by molar-refractivity contribution is -0.113. The van der Waals surface area contributed by atoms with Gasteiger partial charge in [-0.3, -0.25) is 9.69 Å². The molecule has 164 valence electrons. The van der Waals surface area contributed by atoms with Gasteiger partial charge in [-0.15, -0.1) is 0 Å². The fourth-order valence-electron chi connectivity index (χ4n) is 4.08. The van der Waals surface area contributed by atoms with Crippen LogP contribution in [0.4, 0.5) is 10.1 Å². The van der Waals surface area contributed by atoms with Gasteiger partial charge in [0.25, 0.3) is 5.91 Å². The van der Waals surface area contributed by atoms with Crippen LogP contribution in [0.25, 0.3) is 17.0 Å². The molecule has 3 nitrogen and oxygen atoms in total. The van der Waals surface area contributed by atoms with Gasteiger partial charge < -0.3 is 4.57 Å². The maximum Gasteiger partial charge on any atom is 0.270 e. The number of carbonyl (C=O) groups is 1. The number of benzene rings is 3. The first-order valence-corrected chi connectivity index (χ1v) is 11.9. The molecule has 5 rings (SSSR count). The smallest absolute Gasteiger partial charge is 0.270 e. The van der Waals surface area contributed by atoms with Gasteiger partial charge in [-0.25, -0.2) is 4.39 Å². The van der Waals surface area contributed by atoms with Crippen molar-refractivity contribution in [3.63, 3.8) is 0 Å². The van der Waals surface area contributed by atoms with E-state index in [4.69, 9.17) is 23.8 Å². The van der Waals surface area contributed by atoms with Crippen LogP contribution in [0.1, 0.15) is 16.8 Å². The highest BCUT2D eigenvalue weighted by Gasteiger charge is 2.35. The minimum absolute atomic E-state index is 0.168. The van der Waals surface area contributed by atoms with Gasteiger partial charge in [-0.2, -0.15) is 0 Å². The van der Waals surface area contributed by atoms with Crippen LogP contribution in [0.5, 0.6) is 0 Å². The Hall–Kier alpha value is -2.93. The summed E-state index contributed by atoms with van der Waals surface area (Å²) in [6.45, 7) is 2.64. The monoisotopic (exact) mass is 492 g/mol. The predicted molar refractivity (Wildman–Crippen MR) is 139 cm³/mol. The van der Waals surface area contributed by atoms with Gasteiger partial charge >= 0.3 is 0 Å². The van der Waals surface area contributed by atoms with E-state index in [0.29, 0.717) is 20.8 Å². The van der Waals surface area contributed by atoms with Crippen molar-refractivity contribution in [2.75, 3.05) is 4.90 Å². The number of amides is 1. The quantitative estimate of drug-likeness (QED) is 0.222. The van der Waals surface area contributed by atoms with Gasteiger partial charge in [0.05, 0.1) is 10.6 Å². The molecule has 1 amide bonds. The van der Waals surface area contributed by atoms with Gasteiger partial charge in [0, 0.05) is 33.7 Å². The summed E-state index contributed by atoms with van der Waals surface area (Å²) in [5, 5.41) is 1.74. The molecular weight excluding hydrogens is 475 g/mol. The number of hydrogen-bond acceptors (Lipinski definition) is 3. The molecule has 1 aromatic heterocycles. The van der Waals surface area contributed by atoms with Crippen molar-refractivity contribution in [3.8, 4) is 0 Å². The molecule has 1 aliphatic heterocycles. The number of carbonyl (C=O) groups excluding carboxylic acids is 1. The summed E-state index contributed by atoms with van der Waals surface area (Å²) < 4.78 is 16.9. The average molecular weight is 493 g/mol. The average Bonchev–Trinajstić information content (AvgIpc) is 3.23. The first-order valence-electron chi connectivity index (χ1n) is 10.3. The largest absolute Gasteiger partial charge is 0.340 e. The Bertz CT molecular complexity index is 1460. The first-order chi connectivity index (χ1) is 16.0. The summed E-state index contributed by atoms with van der Waals surface area (Å²) in [7, 11) is 0. The Morgan fingerprint density at radius 2 is 1.73 bits per heavy atom. The first kappa shape index (κ1) is 21.9. The summed E-state index contributed by atoms with van der Waals surface area (Å²) in [6, 6.07) is 22.0. The van der Waals surface area contributed by atoms with Crippen LogP contribution in [-0.2, 0) is 11.3 Å². The highest BCUT2D eigenvalue weighted by atomic mass is 35.5. The van der Waals surface area contributed by atoms with Crippen molar-refractivity contribution in [2.24, 2.45) is 0 Å². The summed E-state index contributed by atoms with van der Waals surface area (Å²) in [5.74, 6) is -0.806. The van der Waals surface area contributed by atoms with Crippen LogP contribution >= 0.6 is 35.6 Å². The minimum atomic E-state index is -0.484.